The van der Waals surface area contributed by atoms with Crippen LogP contribution >= 0.6 is 0 Å². The number of para-hydroxylation sites is 2. The summed E-state index contributed by atoms with van der Waals surface area (Å²) in [5.74, 6) is 0.794. The molecule has 0 atom stereocenters. The van der Waals surface area contributed by atoms with E-state index in [1.165, 1.54) is 19.3 Å². The first-order valence-corrected chi connectivity index (χ1v) is 9.57. The number of unbranched alkanes of at least 4 members (excludes halogenated alkanes) is 1. The summed E-state index contributed by atoms with van der Waals surface area (Å²) in [6.45, 7) is 4.02. The first-order chi connectivity index (χ1) is 12.3. The Morgan fingerprint density at radius 1 is 0.960 bits per heavy atom. The number of piperidine rings is 1. The van der Waals surface area contributed by atoms with Crippen molar-refractivity contribution in [1.82, 2.24) is 9.47 Å². The minimum Gasteiger partial charge on any atom is -0.324 e. The second-order valence-corrected chi connectivity index (χ2v) is 7.22. The number of carbonyl (C=O) groups excluding carboxylic acids is 1. The van der Waals surface area contributed by atoms with E-state index in [0.29, 0.717) is 0 Å². The number of hydrogen-bond donors (Lipinski definition) is 0. The lowest BCUT2D eigenvalue weighted by atomic mass is 9.92. The van der Waals surface area contributed by atoms with E-state index in [4.69, 9.17) is 0 Å². The highest BCUT2D eigenvalue weighted by Gasteiger charge is 2.25. The van der Waals surface area contributed by atoms with Gasteiger partial charge in [0.2, 0.25) is 0 Å². The Hall–Kier alpha value is -2.29. The summed E-state index contributed by atoms with van der Waals surface area (Å²) in [6, 6.07) is 16.6. The summed E-state index contributed by atoms with van der Waals surface area (Å²) in [5, 5.41) is 2.31. The van der Waals surface area contributed by atoms with E-state index >= 15 is 0 Å². The van der Waals surface area contributed by atoms with Gasteiger partial charge in [-0.15, -0.1) is 0 Å². The van der Waals surface area contributed by atoms with Crippen molar-refractivity contribution in [3.05, 3.63) is 48.5 Å². The number of likely N-dealkylation sites (tertiary alicyclic amines) is 1. The molecule has 0 aliphatic carbocycles. The maximum Gasteiger partial charge on any atom is 0.329 e. The fourth-order valence-corrected chi connectivity index (χ4v) is 4.18. The number of nitrogens with zero attached hydrogens (tertiary/aromatic N) is 2. The third kappa shape index (κ3) is 2.92. The number of rotatable bonds is 3. The number of carbonyl (C=O) groups is 1. The molecular formula is C22H26N2O. The molecule has 130 valence electrons. The van der Waals surface area contributed by atoms with Gasteiger partial charge in [0, 0.05) is 23.9 Å². The summed E-state index contributed by atoms with van der Waals surface area (Å²) in [7, 11) is 0. The van der Waals surface area contributed by atoms with Gasteiger partial charge in [-0.1, -0.05) is 62.6 Å². The van der Waals surface area contributed by atoms with Crippen molar-refractivity contribution in [3.63, 3.8) is 0 Å². The van der Waals surface area contributed by atoms with E-state index in [-0.39, 0.29) is 6.03 Å². The SMILES string of the molecule is CCCCC1CCN(C(=O)n2c3ccccc3c3ccccc32)CC1. The number of benzene rings is 2. The smallest absolute Gasteiger partial charge is 0.324 e. The molecule has 1 saturated heterocycles. The minimum atomic E-state index is 0.131. The van der Waals surface area contributed by atoms with Crippen molar-refractivity contribution in [1.29, 1.82) is 0 Å². The highest BCUT2D eigenvalue weighted by Crippen LogP contribution is 2.30. The lowest BCUT2D eigenvalue weighted by Gasteiger charge is -2.32. The molecule has 1 aliphatic heterocycles. The first kappa shape index (κ1) is 16.2. The van der Waals surface area contributed by atoms with Gasteiger partial charge in [-0.25, -0.2) is 4.79 Å². The number of hydrogen-bond acceptors (Lipinski definition) is 1. The van der Waals surface area contributed by atoms with Crippen molar-refractivity contribution in [2.75, 3.05) is 13.1 Å². The highest BCUT2D eigenvalue weighted by atomic mass is 16.2. The normalized spacial score (nSPS) is 16.0. The van der Waals surface area contributed by atoms with E-state index < -0.39 is 0 Å². The maximum absolute atomic E-state index is 13.3. The summed E-state index contributed by atoms with van der Waals surface area (Å²) < 4.78 is 1.91. The van der Waals surface area contributed by atoms with Crippen molar-refractivity contribution in [3.8, 4) is 0 Å². The van der Waals surface area contributed by atoms with Crippen LogP contribution in [0.15, 0.2) is 48.5 Å². The molecule has 0 spiro atoms. The third-order valence-corrected chi connectivity index (χ3v) is 5.62. The Labute approximate surface area is 149 Å². The Balaban J connectivity index is 1.64. The molecule has 2 aromatic carbocycles. The Morgan fingerprint density at radius 2 is 1.52 bits per heavy atom. The molecule has 3 aromatic rings. The number of amides is 1. The van der Waals surface area contributed by atoms with Gasteiger partial charge >= 0.3 is 6.03 Å². The zero-order chi connectivity index (χ0) is 17.2. The van der Waals surface area contributed by atoms with Crippen molar-refractivity contribution in [2.24, 2.45) is 5.92 Å². The molecule has 1 fully saturated rings. The summed E-state index contributed by atoms with van der Waals surface area (Å²) in [5.41, 5.74) is 2.03. The zero-order valence-corrected chi connectivity index (χ0v) is 14.9. The molecule has 3 nitrogen and oxygen atoms in total. The Morgan fingerprint density at radius 3 is 2.08 bits per heavy atom. The number of aromatic nitrogens is 1. The first-order valence-electron chi connectivity index (χ1n) is 9.57. The number of fused-ring (bicyclic) bond motifs is 3. The molecule has 1 aliphatic rings. The quantitative estimate of drug-likeness (QED) is 0.606. The summed E-state index contributed by atoms with van der Waals surface area (Å²) >= 11 is 0. The van der Waals surface area contributed by atoms with Gasteiger partial charge in [-0.2, -0.15) is 0 Å². The molecule has 0 radical (unpaired) electrons. The fraction of sp³-hybridized carbons (Fsp3) is 0.409. The second-order valence-electron chi connectivity index (χ2n) is 7.22. The molecule has 0 saturated carbocycles. The van der Waals surface area contributed by atoms with E-state index in [1.807, 2.05) is 33.7 Å². The summed E-state index contributed by atoms with van der Waals surface area (Å²) in [6.07, 6.45) is 6.17. The average Bonchev–Trinajstić information content (AvgIpc) is 3.01. The molecule has 1 amide bonds. The minimum absolute atomic E-state index is 0.131. The van der Waals surface area contributed by atoms with Crippen LogP contribution in [0.2, 0.25) is 0 Å². The van der Waals surface area contributed by atoms with Crippen molar-refractivity contribution >= 4 is 27.8 Å². The Kier molecular flexibility index (Phi) is 4.48. The van der Waals surface area contributed by atoms with E-state index in [9.17, 15) is 4.79 Å². The largest absolute Gasteiger partial charge is 0.329 e. The molecule has 0 N–H and O–H groups in total. The maximum atomic E-state index is 13.3. The monoisotopic (exact) mass is 334 g/mol. The van der Waals surface area contributed by atoms with Crippen LogP contribution in [0.3, 0.4) is 0 Å². The molecule has 2 heterocycles. The third-order valence-electron chi connectivity index (χ3n) is 5.62. The highest BCUT2D eigenvalue weighted by molar-refractivity contribution is 6.13. The molecule has 0 bridgehead atoms. The van der Waals surface area contributed by atoms with Gasteiger partial charge < -0.3 is 4.90 Å². The average molecular weight is 334 g/mol. The predicted molar refractivity (Wildman–Crippen MR) is 104 cm³/mol. The summed E-state index contributed by atoms with van der Waals surface area (Å²) in [4.78, 5) is 15.3. The standard InChI is InChI=1S/C22H26N2O/c1-2-3-8-17-13-15-23(16-14-17)22(25)24-20-11-6-4-9-18(20)19-10-5-7-12-21(19)24/h4-7,9-12,17H,2-3,8,13-16H2,1H3. The molecule has 3 heteroatoms. The van der Waals surface area contributed by atoms with Crippen molar-refractivity contribution < 1.29 is 4.79 Å². The van der Waals surface area contributed by atoms with Crippen LogP contribution in [0.1, 0.15) is 39.0 Å². The lowest BCUT2D eigenvalue weighted by molar-refractivity contribution is 0.170. The van der Waals surface area contributed by atoms with Gasteiger partial charge in [0.25, 0.3) is 0 Å². The van der Waals surface area contributed by atoms with Gasteiger partial charge in [0.1, 0.15) is 0 Å². The predicted octanol–water partition coefficient (Wildman–Crippen LogP) is 5.66. The van der Waals surface area contributed by atoms with Crippen LogP contribution in [0.4, 0.5) is 4.79 Å². The fourth-order valence-electron chi connectivity index (χ4n) is 4.18. The van der Waals surface area contributed by atoms with Gasteiger partial charge in [-0.05, 0) is 30.9 Å². The van der Waals surface area contributed by atoms with E-state index in [0.717, 1.165) is 53.7 Å². The van der Waals surface area contributed by atoms with E-state index in [2.05, 4.69) is 31.2 Å². The molecule has 25 heavy (non-hydrogen) atoms. The van der Waals surface area contributed by atoms with Gasteiger partial charge in [-0.3, -0.25) is 4.57 Å². The van der Waals surface area contributed by atoms with Crippen LogP contribution in [0.5, 0.6) is 0 Å². The van der Waals surface area contributed by atoms with Crippen LogP contribution in [0, 0.1) is 5.92 Å². The lowest BCUT2D eigenvalue weighted by Crippen LogP contribution is -2.40. The van der Waals surface area contributed by atoms with Crippen LogP contribution in [-0.2, 0) is 0 Å². The van der Waals surface area contributed by atoms with Crippen LogP contribution in [0.25, 0.3) is 21.8 Å². The van der Waals surface area contributed by atoms with Crippen molar-refractivity contribution in [2.45, 2.75) is 39.0 Å². The molecular weight excluding hydrogens is 308 g/mol. The van der Waals surface area contributed by atoms with Crippen LogP contribution in [-0.4, -0.2) is 28.6 Å². The Bertz CT molecular complexity index is 834. The molecule has 0 unspecified atom stereocenters. The van der Waals surface area contributed by atoms with Crippen LogP contribution < -0.4 is 0 Å². The second kappa shape index (κ2) is 6.91. The van der Waals surface area contributed by atoms with E-state index in [1.54, 1.807) is 0 Å². The molecule has 1 aromatic heterocycles. The molecule has 4 rings (SSSR count). The topological polar surface area (TPSA) is 25.2 Å². The van der Waals surface area contributed by atoms with Gasteiger partial charge in [0.05, 0.1) is 11.0 Å². The zero-order valence-electron chi connectivity index (χ0n) is 14.9. The van der Waals surface area contributed by atoms with Gasteiger partial charge in [0.15, 0.2) is 0 Å².